The predicted molar refractivity (Wildman–Crippen MR) is 85.7 cm³/mol. The molecule has 0 bridgehead atoms. The maximum atomic E-state index is 12.1. The van der Waals surface area contributed by atoms with Gasteiger partial charge < -0.3 is 20.3 Å². The number of nitrogens with zero attached hydrogens (tertiary/aromatic N) is 4. The summed E-state index contributed by atoms with van der Waals surface area (Å²) in [7, 11) is 1.80. The molecule has 0 aromatic carbocycles. The normalized spacial score (nSPS) is 16.5. The maximum Gasteiger partial charge on any atom is 0.410 e. The van der Waals surface area contributed by atoms with E-state index in [-0.39, 0.29) is 12.1 Å². The third-order valence-corrected chi connectivity index (χ3v) is 3.69. The molecule has 0 radical (unpaired) electrons. The molecule has 122 valence electrons. The molecule has 2 rings (SSSR count). The number of ether oxygens (including phenoxy) is 1. The first-order valence-electron chi connectivity index (χ1n) is 7.56. The van der Waals surface area contributed by atoms with Gasteiger partial charge in [-0.05, 0) is 45.7 Å². The number of piperidine rings is 1. The molecule has 7 heteroatoms. The highest BCUT2D eigenvalue weighted by molar-refractivity contribution is 5.68. The molecule has 1 amide bonds. The van der Waals surface area contributed by atoms with Gasteiger partial charge in [0, 0.05) is 26.2 Å². The van der Waals surface area contributed by atoms with Gasteiger partial charge in [-0.3, -0.25) is 0 Å². The zero-order chi connectivity index (χ0) is 16.3. The molecule has 0 spiro atoms. The standard InChI is InChI=1S/C15H25N5O2/c1-15(2,3)22-14(21)19(4)11-7-9-20(10-8-11)13-6-5-12(16)17-18-13/h5-6,11H,7-10H2,1-4H3,(H2,16,17). The third kappa shape index (κ3) is 4.22. The Balaban J connectivity index is 1.88. The number of nitrogens with two attached hydrogens (primary N) is 1. The molecule has 2 heterocycles. The van der Waals surface area contributed by atoms with E-state index in [1.807, 2.05) is 26.8 Å². The van der Waals surface area contributed by atoms with Gasteiger partial charge in [-0.2, -0.15) is 0 Å². The fourth-order valence-corrected chi connectivity index (χ4v) is 2.47. The van der Waals surface area contributed by atoms with Crippen LogP contribution in [0.15, 0.2) is 12.1 Å². The van der Waals surface area contributed by atoms with Gasteiger partial charge in [0.2, 0.25) is 0 Å². The van der Waals surface area contributed by atoms with Crippen molar-refractivity contribution in [1.82, 2.24) is 15.1 Å². The molecule has 0 aliphatic carbocycles. The van der Waals surface area contributed by atoms with E-state index in [9.17, 15) is 4.79 Å². The molecule has 1 aliphatic rings. The van der Waals surface area contributed by atoms with Crippen molar-refractivity contribution in [1.29, 1.82) is 0 Å². The van der Waals surface area contributed by atoms with E-state index < -0.39 is 5.60 Å². The van der Waals surface area contributed by atoms with Gasteiger partial charge in [0.05, 0.1) is 0 Å². The summed E-state index contributed by atoms with van der Waals surface area (Å²) in [6.45, 7) is 7.29. The largest absolute Gasteiger partial charge is 0.444 e. The summed E-state index contributed by atoms with van der Waals surface area (Å²) in [5.41, 5.74) is 5.08. The Hall–Kier alpha value is -2.05. The second-order valence-corrected chi connectivity index (χ2v) is 6.63. The average molecular weight is 307 g/mol. The fourth-order valence-electron chi connectivity index (χ4n) is 2.47. The Morgan fingerprint density at radius 2 is 1.95 bits per heavy atom. The Morgan fingerprint density at radius 3 is 2.45 bits per heavy atom. The molecule has 1 aromatic heterocycles. The minimum atomic E-state index is -0.467. The number of amides is 1. The molecule has 1 saturated heterocycles. The molecule has 2 N–H and O–H groups in total. The Morgan fingerprint density at radius 1 is 1.32 bits per heavy atom. The van der Waals surface area contributed by atoms with E-state index in [2.05, 4.69) is 15.1 Å². The van der Waals surface area contributed by atoms with Gasteiger partial charge >= 0.3 is 6.09 Å². The summed E-state index contributed by atoms with van der Waals surface area (Å²) in [5.74, 6) is 1.25. The Labute approximate surface area is 131 Å². The summed E-state index contributed by atoms with van der Waals surface area (Å²) in [5, 5.41) is 7.98. The van der Waals surface area contributed by atoms with Crippen LogP contribution < -0.4 is 10.6 Å². The molecule has 1 aromatic rings. The molecule has 1 aliphatic heterocycles. The average Bonchev–Trinajstić information content (AvgIpc) is 2.46. The minimum Gasteiger partial charge on any atom is -0.444 e. The molecule has 0 saturated carbocycles. The van der Waals surface area contributed by atoms with Crippen molar-refractivity contribution in [2.45, 2.75) is 45.3 Å². The van der Waals surface area contributed by atoms with Crippen molar-refractivity contribution in [2.75, 3.05) is 30.8 Å². The monoisotopic (exact) mass is 307 g/mol. The lowest BCUT2D eigenvalue weighted by Gasteiger charge is -2.37. The summed E-state index contributed by atoms with van der Waals surface area (Å²) in [4.78, 5) is 16.0. The van der Waals surface area contributed by atoms with Gasteiger partial charge in [0.1, 0.15) is 11.4 Å². The number of hydrogen-bond acceptors (Lipinski definition) is 6. The zero-order valence-electron chi connectivity index (χ0n) is 13.7. The van der Waals surface area contributed by atoms with Crippen LogP contribution in [0, 0.1) is 0 Å². The van der Waals surface area contributed by atoms with Crippen LogP contribution in [-0.2, 0) is 4.74 Å². The second-order valence-electron chi connectivity index (χ2n) is 6.63. The third-order valence-electron chi connectivity index (χ3n) is 3.69. The first-order valence-corrected chi connectivity index (χ1v) is 7.56. The Bertz CT molecular complexity index is 504. The van der Waals surface area contributed by atoms with Crippen LogP contribution in [0.4, 0.5) is 16.4 Å². The highest BCUT2D eigenvalue weighted by Crippen LogP contribution is 2.21. The lowest BCUT2D eigenvalue weighted by Crippen LogP contribution is -2.47. The lowest BCUT2D eigenvalue weighted by molar-refractivity contribution is 0.0201. The smallest absolute Gasteiger partial charge is 0.410 e. The number of nitrogen functional groups attached to an aromatic ring is 1. The number of carbonyl (C=O) groups is 1. The highest BCUT2D eigenvalue weighted by atomic mass is 16.6. The highest BCUT2D eigenvalue weighted by Gasteiger charge is 2.28. The SMILES string of the molecule is CN(C(=O)OC(C)(C)C)C1CCN(c2ccc(N)nn2)CC1. The fraction of sp³-hybridized carbons (Fsp3) is 0.667. The Kier molecular flexibility index (Phi) is 4.73. The van der Waals surface area contributed by atoms with Crippen molar-refractivity contribution in [3.63, 3.8) is 0 Å². The van der Waals surface area contributed by atoms with Crippen molar-refractivity contribution in [2.24, 2.45) is 0 Å². The summed E-state index contributed by atoms with van der Waals surface area (Å²) in [6, 6.07) is 3.81. The van der Waals surface area contributed by atoms with E-state index in [1.54, 1.807) is 18.0 Å². The summed E-state index contributed by atoms with van der Waals surface area (Å²) < 4.78 is 5.41. The van der Waals surface area contributed by atoms with Crippen LogP contribution in [0.2, 0.25) is 0 Å². The van der Waals surface area contributed by atoms with Crippen molar-refractivity contribution >= 4 is 17.7 Å². The number of aromatic nitrogens is 2. The van der Waals surface area contributed by atoms with Crippen molar-refractivity contribution in [3.05, 3.63) is 12.1 Å². The first-order chi connectivity index (χ1) is 10.3. The maximum absolute atomic E-state index is 12.1. The van der Waals surface area contributed by atoms with E-state index in [4.69, 9.17) is 10.5 Å². The number of rotatable bonds is 2. The summed E-state index contributed by atoms with van der Waals surface area (Å²) in [6.07, 6.45) is 1.49. The van der Waals surface area contributed by atoms with Crippen LogP contribution in [-0.4, -0.2) is 53.0 Å². The van der Waals surface area contributed by atoms with Crippen LogP contribution >= 0.6 is 0 Å². The summed E-state index contributed by atoms with van der Waals surface area (Å²) >= 11 is 0. The lowest BCUT2D eigenvalue weighted by atomic mass is 10.0. The van der Waals surface area contributed by atoms with Crippen LogP contribution in [0.3, 0.4) is 0 Å². The predicted octanol–water partition coefficient (Wildman–Crippen LogP) is 1.89. The molecular weight excluding hydrogens is 282 g/mol. The van der Waals surface area contributed by atoms with Crippen molar-refractivity contribution < 1.29 is 9.53 Å². The molecule has 0 atom stereocenters. The quantitative estimate of drug-likeness (QED) is 0.898. The van der Waals surface area contributed by atoms with Crippen molar-refractivity contribution in [3.8, 4) is 0 Å². The first kappa shape index (κ1) is 16.3. The van der Waals surface area contributed by atoms with E-state index >= 15 is 0 Å². The number of hydrogen-bond donors (Lipinski definition) is 1. The molecule has 22 heavy (non-hydrogen) atoms. The molecule has 7 nitrogen and oxygen atoms in total. The van der Waals surface area contributed by atoms with E-state index in [0.29, 0.717) is 5.82 Å². The van der Waals surface area contributed by atoms with Gasteiger partial charge in [-0.1, -0.05) is 0 Å². The van der Waals surface area contributed by atoms with E-state index in [1.165, 1.54) is 0 Å². The van der Waals surface area contributed by atoms with Gasteiger partial charge in [-0.15, -0.1) is 10.2 Å². The molecule has 1 fully saturated rings. The minimum absolute atomic E-state index is 0.188. The zero-order valence-corrected chi connectivity index (χ0v) is 13.7. The van der Waals surface area contributed by atoms with Crippen LogP contribution in [0.25, 0.3) is 0 Å². The molecular formula is C15H25N5O2. The number of anilines is 2. The van der Waals surface area contributed by atoms with Gasteiger partial charge in [-0.25, -0.2) is 4.79 Å². The van der Waals surface area contributed by atoms with Crippen LogP contribution in [0.1, 0.15) is 33.6 Å². The van der Waals surface area contributed by atoms with Gasteiger partial charge in [0.25, 0.3) is 0 Å². The number of carbonyl (C=O) groups excluding carboxylic acids is 1. The van der Waals surface area contributed by atoms with E-state index in [0.717, 1.165) is 31.7 Å². The molecule has 0 unspecified atom stereocenters. The van der Waals surface area contributed by atoms with Crippen LogP contribution in [0.5, 0.6) is 0 Å². The van der Waals surface area contributed by atoms with Gasteiger partial charge in [0.15, 0.2) is 5.82 Å². The second kappa shape index (κ2) is 6.37. The topological polar surface area (TPSA) is 84.6 Å².